The number of nitrogen functional groups attached to an aromatic ring is 1. The predicted octanol–water partition coefficient (Wildman–Crippen LogP) is 2.73. The summed E-state index contributed by atoms with van der Waals surface area (Å²) in [6, 6.07) is 8.98. The third kappa shape index (κ3) is 4.46. The number of carbonyl (C=O) groups excluding carboxylic acids is 1. The Morgan fingerprint density at radius 2 is 1.89 bits per heavy atom. The second-order valence-electron chi connectivity index (χ2n) is 6.49. The van der Waals surface area contributed by atoms with E-state index < -0.39 is 0 Å². The third-order valence-electron chi connectivity index (χ3n) is 4.77. The van der Waals surface area contributed by atoms with Crippen molar-refractivity contribution in [3.05, 3.63) is 52.0 Å². The van der Waals surface area contributed by atoms with Gasteiger partial charge in [0.05, 0.1) is 19.8 Å². The second-order valence-corrected chi connectivity index (χ2v) is 6.93. The number of nitrogens with one attached hydrogen (secondary N) is 1. The Hall–Kier alpha value is -2.44. The van der Waals surface area contributed by atoms with Crippen LogP contribution in [-0.2, 0) is 13.0 Å². The molecule has 0 aromatic heterocycles. The highest BCUT2D eigenvalue weighted by Gasteiger charge is 2.19. The van der Waals surface area contributed by atoms with Gasteiger partial charge in [-0.25, -0.2) is 0 Å². The summed E-state index contributed by atoms with van der Waals surface area (Å²) in [4.78, 5) is 14.6. The Kier molecular flexibility index (Phi) is 6.08. The van der Waals surface area contributed by atoms with Crippen LogP contribution in [0.4, 0.5) is 5.69 Å². The van der Waals surface area contributed by atoms with E-state index in [1.807, 2.05) is 6.07 Å². The summed E-state index contributed by atoms with van der Waals surface area (Å²) in [6.07, 6.45) is 0.935. The molecule has 6 nitrogen and oxygen atoms in total. The summed E-state index contributed by atoms with van der Waals surface area (Å²) in [6.45, 7) is 3.02. The molecule has 0 spiro atoms. The van der Waals surface area contributed by atoms with E-state index in [-0.39, 0.29) is 5.91 Å². The molecule has 1 aliphatic heterocycles. The predicted molar refractivity (Wildman–Crippen MR) is 107 cm³/mol. The Labute approximate surface area is 164 Å². The van der Waals surface area contributed by atoms with Gasteiger partial charge in [-0.1, -0.05) is 11.6 Å². The van der Waals surface area contributed by atoms with Crippen LogP contribution in [0, 0.1) is 0 Å². The molecule has 27 heavy (non-hydrogen) atoms. The molecule has 0 saturated heterocycles. The normalized spacial score (nSPS) is 13.7. The average molecular weight is 390 g/mol. The van der Waals surface area contributed by atoms with Gasteiger partial charge in [-0.3, -0.25) is 9.69 Å². The lowest BCUT2D eigenvalue weighted by atomic mass is 9.99. The minimum atomic E-state index is -0.209. The lowest BCUT2D eigenvalue weighted by Crippen LogP contribution is -2.38. The number of nitrogens with two attached hydrogens (primary N) is 1. The van der Waals surface area contributed by atoms with Crippen molar-refractivity contribution in [3.8, 4) is 11.5 Å². The summed E-state index contributed by atoms with van der Waals surface area (Å²) in [5.41, 5.74) is 9.19. The number of benzene rings is 2. The van der Waals surface area contributed by atoms with Crippen molar-refractivity contribution >= 4 is 23.2 Å². The van der Waals surface area contributed by atoms with Crippen molar-refractivity contribution in [2.75, 3.05) is 39.6 Å². The maximum absolute atomic E-state index is 12.3. The van der Waals surface area contributed by atoms with Crippen LogP contribution in [-0.4, -0.2) is 44.7 Å². The number of rotatable bonds is 6. The number of carbonyl (C=O) groups is 1. The Morgan fingerprint density at radius 3 is 2.59 bits per heavy atom. The van der Waals surface area contributed by atoms with Crippen molar-refractivity contribution in [1.82, 2.24) is 10.2 Å². The number of ether oxygens (including phenoxy) is 2. The van der Waals surface area contributed by atoms with E-state index in [1.54, 1.807) is 32.4 Å². The molecular formula is C20H24ClN3O3. The zero-order chi connectivity index (χ0) is 19.4. The van der Waals surface area contributed by atoms with Gasteiger partial charge in [0, 0.05) is 36.9 Å². The fourth-order valence-corrected chi connectivity index (χ4v) is 3.45. The van der Waals surface area contributed by atoms with Crippen molar-refractivity contribution < 1.29 is 14.3 Å². The van der Waals surface area contributed by atoms with Crippen molar-refractivity contribution in [2.24, 2.45) is 0 Å². The van der Waals surface area contributed by atoms with Gasteiger partial charge in [0.15, 0.2) is 11.5 Å². The lowest BCUT2D eigenvalue weighted by molar-refractivity contribution is 0.0948. The highest BCUT2D eigenvalue weighted by molar-refractivity contribution is 6.31. The van der Waals surface area contributed by atoms with Crippen LogP contribution in [0.3, 0.4) is 0 Å². The lowest BCUT2D eigenvalue weighted by Gasteiger charge is -2.29. The smallest absolute Gasteiger partial charge is 0.253 e. The molecule has 3 rings (SSSR count). The molecule has 1 heterocycles. The van der Waals surface area contributed by atoms with Crippen molar-refractivity contribution in [1.29, 1.82) is 0 Å². The quantitative estimate of drug-likeness (QED) is 0.743. The molecule has 2 aromatic carbocycles. The van der Waals surface area contributed by atoms with Crippen LogP contribution in [0.25, 0.3) is 0 Å². The first kappa shape index (κ1) is 19.3. The zero-order valence-electron chi connectivity index (χ0n) is 15.5. The first-order valence-electron chi connectivity index (χ1n) is 8.81. The molecule has 0 bridgehead atoms. The number of nitrogens with zero attached hydrogens (tertiary/aromatic N) is 1. The van der Waals surface area contributed by atoms with E-state index in [9.17, 15) is 4.79 Å². The van der Waals surface area contributed by atoms with Crippen LogP contribution < -0.4 is 20.5 Å². The van der Waals surface area contributed by atoms with E-state index in [2.05, 4.69) is 16.3 Å². The average Bonchev–Trinajstić information content (AvgIpc) is 2.68. The molecule has 0 unspecified atom stereocenters. The zero-order valence-corrected chi connectivity index (χ0v) is 16.3. The maximum atomic E-state index is 12.3. The van der Waals surface area contributed by atoms with E-state index in [4.69, 9.17) is 26.8 Å². The van der Waals surface area contributed by atoms with Gasteiger partial charge in [-0.05, 0) is 47.9 Å². The summed E-state index contributed by atoms with van der Waals surface area (Å²) in [5, 5.41) is 3.41. The summed E-state index contributed by atoms with van der Waals surface area (Å²) >= 11 is 5.95. The van der Waals surface area contributed by atoms with E-state index in [0.29, 0.717) is 22.8 Å². The number of methoxy groups -OCH3 is 2. The third-order valence-corrected chi connectivity index (χ3v) is 5.01. The molecule has 0 aliphatic carbocycles. The molecule has 0 fully saturated rings. The number of anilines is 1. The second kappa shape index (κ2) is 8.50. The summed E-state index contributed by atoms with van der Waals surface area (Å²) in [5.74, 6) is 1.29. The number of hydrogen-bond donors (Lipinski definition) is 2. The fraction of sp³-hybridized carbons (Fsp3) is 0.350. The topological polar surface area (TPSA) is 76.8 Å². The summed E-state index contributed by atoms with van der Waals surface area (Å²) in [7, 11) is 3.29. The molecule has 1 amide bonds. The molecule has 144 valence electrons. The van der Waals surface area contributed by atoms with E-state index in [1.165, 1.54) is 11.1 Å². The number of fused-ring (bicyclic) bond motifs is 1. The Balaban J connectivity index is 1.57. The van der Waals surface area contributed by atoms with E-state index >= 15 is 0 Å². The van der Waals surface area contributed by atoms with Crippen LogP contribution in [0.1, 0.15) is 21.5 Å². The monoisotopic (exact) mass is 389 g/mol. The fourth-order valence-electron chi connectivity index (χ4n) is 3.28. The van der Waals surface area contributed by atoms with Crippen LogP contribution in [0.2, 0.25) is 5.02 Å². The van der Waals surface area contributed by atoms with Crippen LogP contribution >= 0.6 is 11.6 Å². The minimum Gasteiger partial charge on any atom is -0.493 e. The van der Waals surface area contributed by atoms with Gasteiger partial charge < -0.3 is 20.5 Å². The first-order chi connectivity index (χ1) is 13.0. The van der Waals surface area contributed by atoms with Gasteiger partial charge in [0.25, 0.3) is 5.91 Å². The van der Waals surface area contributed by atoms with Gasteiger partial charge in [-0.15, -0.1) is 0 Å². The molecule has 0 radical (unpaired) electrons. The Morgan fingerprint density at radius 1 is 1.19 bits per heavy atom. The highest BCUT2D eigenvalue weighted by atomic mass is 35.5. The summed E-state index contributed by atoms with van der Waals surface area (Å²) < 4.78 is 10.8. The first-order valence-corrected chi connectivity index (χ1v) is 9.19. The number of amides is 1. The standard InChI is InChI=1S/C20H24ClN3O3/c1-26-18-9-13-5-7-24(12-14(13)10-19(18)27-2)8-6-23-20(25)16-11-15(21)3-4-17(16)22/h3-4,9-11H,5-8,12,22H2,1-2H3,(H,23,25). The van der Waals surface area contributed by atoms with Gasteiger partial charge in [0.2, 0.25) is 0 Å². The minimum absolute atomic E-state index is 0.209. The van der Waals surface area contributed by atoms with Crippen molar-refractivity contribution in [2.45, 2.75) is 13.0 Å². The van der Waals surface area contributed by atoms with Crippen LogP contribution in [0.15, 0.2) is 30.3 Å². The maximum Gasteiger partial charge on any atom is 0.253 e. The number of hydrogen-bond acceptors (Lipinski definition) is 5. The van der Waals surface area contributed by atoms with Crippen molar-refractivity contribution in [3.63, 3.8) is 0 Å². The Bertz CT molecular complexity index is 841. The van der Waals surface area contributed by atoms with E-state index in [0.717, 1.165) is 37.6 Å². The molecule has 0 atom stereocenters. The van der Waals surface area contributed by atoms with Gasteiger partial charge in [-0.2, -0.15) is 0 Å². The highest BCUT2D eigenvalue weighted by Crippen LogP contribution is 2.33. The molecule has 2 aromatic rings. The SMILES string of the molecule is COc1cc2c(cc1OC)CN(CCNC(=O)c1cc(Cl)ccc1N)CC2. The number of halogens is 1. The van der Waals surface area contributed by atoms with Gasteiger partial charge >= 0.3 is 0 Å². The molecule has 0 saturated carbocycles. The molecule has 1 aliphatic rings. The molecular weight excluding hydrogens is 366 g/mol. The largest absolute Gasteiger partial charge is 0.493 e. The molecule has 3 N–H and O–H groups in total. The van der Waals surface area contributed by atoms with Gasteiger partial charge in [0.1, 0.15) is 0 Å². The molecule has 7 heteroatoms. The van der Waals surface area contributed by atoms with Crippen LogP contribution in [0.5, 0.6) is 11.5 Å².